The summed E-state index contributed by atoms with van der Waals surface area (Å²) in [6.07, 6.45) is 23.8. The number of nitrogens with one attached hydrogen (secondary N) is 1. The van der Waals surface area contributed by atoms with Crippen molar-refractivity contribution in [3.05, 3.63) is 12.2 Å². The fraction of sp³-hybridized carbons (Fsp3) is 0.900. The first kappa shape index (κ1) is 25.2. The lowest BCUT2D eigenvalue weighted by atomic mass is 10.1. The number of hydrogen-bond acceptors (Lipinski definition) is 2. The zero-order valence-electron chi connectivity index (χ0n) is 15.5. The van der Waals surface area contributed by atoms with Crippen molar-refractivity contribution in [1.29, 1.82) is 0 Å². The van der Waals surface area contributed by atoms with Crippen molar-refractivity contribution in [2.45, 2.75) is 96.8 Å². The number of hydrogen-bond donors (Lipinski definition) is 2. The fourth-order valence-corrected chi connectivity index (χ4v) is 2.70. The molecule has 0 aromatic rings. The average Bonchev–Trinajstić information content (AvgIpc) is 2.54. The van der Waals surface area contributed by atoms with Crippen LogP contribution in [0.25, 0.3) is 0 Å². The predicted octanol–water partition coefficient (Wildman–Crippen LogP) is 6.03. The predicted molar refractivity (Wildman–Crippen MR) is 107 cm³/mol. The minimum Gasteiger partial charge on any atom is -0.395 e. The van der Waals surface area contributed by atoms with Gasteiger partial charge in [0.05, 0.1) is 6.61 Å². The molecule has 0 atom stereocenters. The van der Waals surface area contributed by atoms with Gasteiger partial charge in [-0.3, -0.25) is 0 Å². The van der Waals surface area contributed by atoms with Crippen LogP contribution in [0, 0.1) is 0 Å². The van der Waals surface area contributed by atoms with Crippen molar-refractivity contribution in [3.8, 4) is 0 Å². The van der Waals surface area contributed by atoms with Gasteiger partial charge in [-0.15, -0.1) is 12.4 Å². The Balaban J connectivity index is 0. The van der Waals surface area contributed by atoms with Crippen LogP contribution in [-0.2, 0) is 0 Å². The molecule has 0 aromatic carbocycles. The first-order valence-electron chi connectivity index (χ1n) is 9.88. The standard InChI is InChI=1S/C20H41NO.ClH/c1-2-3-4-5-6-7-8-9-10-11-12-13-14-15-16-17-18-21-19-20-22;/h9-10,21-22H,2-8,11-20H2,1H3;1H/b10-9+;. The highest BCUT2D eigenvalue weighted by atomic mass is 35.5. The molecule has 2 N–H and O–H groups in total. The molecule has 0 aliphatic carbocycles. The van der Waals surface area contributed by atoms with Gasteiger partial charge in [-0.1, -0.05) is 76.9 Å². The first-order valence-corrected chi connectivity index (χ1v) is 9.88. The molecule has 0 heterocycles. The van der Waals surface area contributed by atoms with E-state index < -0.39 is 0 Å². The molecule has 0 bridgehead atoms. The van der Waals surface area contributed by atoms with E-state index in [1.807, 2.05) is 0 Å². The second-order valence-corrected chi connectivity index (χ2v) is 6.41. The van der Waals surface area contributed by atoms with Gasteiger partial charge in [-0.2, -0.15) is 0 Å². The average molecular weight is 348 g/mol. The molecular formula is C20H42ClNO. The van der Waals surface area contributed by atoms with E-state index >= 15 is 0 Å². The maximum absolute atomic E-state index is 8.63. The van der Waals surface area contributed by atoms with Crippen LogP contribution in [0.5, 0.6) is 0 Å². The van der Waals surface area contributed by atoms with Crippen molar-refractivity contribution in [2.75, 3.05) is 19.7 Å². The lowest BCUT2D eigenvalue weighted by Gasteiger charge is -2.02. The molecule has 0 amide bonds. The molecule has 3 heteroatoms. The van der Waals surface area contributed by atoms with E-state index in [-0.39, 0.29) is 19.0 Å². The summed E-state index contributed by atoms with van der Waals surface area (Å²) in [6.45, 7) is 4.33. The second-order valence-electron chi connectivity index (χ2n) is 6.41. The van der Waals surface area contributed by atoms with Gasteiger partial charge >= 0.3 is 0 Å². The summed E-state index contributed by atoms with van der Waals surface area (Å²) in [4.78, 5) is 0. The van der Waals surface area contributed by atoms with Crippen LogP contribution in [0.2, 0.25) is 0 Å². The van der Waals surface area contributed by atoms with Gasteiger partial charge in [-0.25, -0.2) is 0 Å². The van der Waals surface area contributed by atoms with E-state index in [9.17, 15) is 0 Å². The van der Waals surface area contributed by atoms with Gasteiger partial charge in [0.2, 0.25) is 0 Å². The Bertz CT molecular complexity index is 222. The van der Waals surface area contributed by atoms with Gasteiger partial charge in [0.15, 0.2) is 0 Å². The van der Waals surface area contributed by atoms with Gasteiger partial charge in [0.25, 0.3) is 0 Å². The molecule has 0 fully saturated rings. The topological polar surface area (TPSA) is 32.3 Å². The van der Waals surface area contributed by atoms with Crippen molar-refractivity contribution in [1.82, 2.24) is 5.32 Å². The van der Waals surface area contributed by atoms with Crippen LogP contribution >= 0.6 is 12.4 Å². The minimum atomic E-state index is 0. The number of unbranched alkanes of at least 4 members (excludes halogenated alkanes) is 12. The molecule has 0 saturated carbocycles. The largest absolute Gasteiger partial charge is 0.395 e. The molecule has 0 unspecified atom stereocenters. The summed E-state index contributed by atoms with van der Waals surface area (Å²) >= 11 is 0. The number of aliphatic hydroxyl groups excluding tert-OH is 1. The molecule has 0 aliphatic rings. The highest BCUT2D eigenvalue weighted by Gasteiger charge is 1.91. The monoisotopic (exact) mass is 347 g/mol. The normalized spacial score (nSPS) is 11.0. The van der Waals surface area contributed by atoms with Gasteiger partial charge in [0, 0.05) is 6.54 Å². The SMILES string of the molecule is CCCCCCCC/C=C/CCCCCCCCNCCO.Cl. The van der Waals surface area contributed by atoms with E-state index in [4.69, 9.17) is 5.11 Å². The molecule has 0 spiro atoms. The molecule has 0 radical (unpaired) electrons. The first-order chi connectivity index (χ1) is 10.9. The quantitative estimate of drug-likeness (QED) is 0.234. The zero-order chi connectivity index (χ0) is 16.1. The van der Waals surface area contributed by atoms with E-state index in [2.05, 4.69) is 24.4 Å². The second kappa shape index (κ2) is 24.2. The van der Waals surface area contributed by atoms with Crippen molar-refractivity contribution < 1.29 is 5.11 Å². The number of rotatable bonds is 18. The lowest BCUT2D eigenvalue weighted by Crippen LogP contribution is -2.19. The molecule has 0 aromatic heterocycles. The Morgan fingerprint density at radius 2 is 1.13 bits per heavy atom. The maximum Gasteiger partial charge on any atom is 0.0555 e. The van der Waals surface area contributed by atoms with Gasteiger partial charge < -0.3 is 10.4 Å². The third kappa shape index (κ3) is 24.3. The molecule has 0 aliphatic heterocycles. The smallest absolute Gasteiger partial charge is 0.0555 e. The molecule has 23 heavy (non-hydrogen) atoms. The summed E-state index contributed by atoms with van der Waals surface area (Å²) < 4.78 is 0. The van der Waals surface area contributed by atoms with Crippen LogP contribution in [0.3, 0.4) is 0 Å². The Labute approximate surface area is 151 Å². The molecule has 2 nitrogen and oxygen atoms in total. The van der Waals surface area contributed by atoms with E-state index in [0.29, 0.717) is 0 Å². The minimum absolute atomic E-state index is 0. The Hall–Kier alpha value is -0.0500. The molecule has 0 saturated heterocycles. The Morgan fingerprint density at radius 3 is 1.65 bits per heavy atom. The van der Waals surface area contributed by atoms with Crippen molar-refractivity contribution >= 4 is 12.4 Å². The fourth-order valence-electron chi connectivity index (χ4n) is 2.70. The maximum atomic E-state index is 8.63. The zero-order valence-corrected chi connectivity index (χ0v) is 16.3. The van der Waals surface area contributed by atoms with Crippen LogP contribution in [0.1, 0.15) is 96.8 Å². The van der Waals surface area contributed by atoms with E-state index in [0.717, 1.165) is 13.1 Å². The summed E-state index contributed by atoms with van der Waals surface area (Å²) in [5.74, 6) is 0. The van der Waals surface area contributed by atoms with E-state index in [1.165, 1.54) is 89.9 Å². The van der Waals surface area contributed by atoms with Crippen LogP contribution in [-0.4, -0.2) is 24.8 Å². The third-order valence-electron chi connectivity index (χ3n) is 4.15. The van der Waals surface area contributed by atoms with Crippen molar-refractivity contribution in [2.24, 2.45) is 0 Å². The number of halogens is 1. The third-order valence-corrected chi connectivity index (χ3v) is 4.15. The molecular weight excluding hydrogens is 306 g/mol. The van der Waals surface area contributed by atoms with E-state index in [1.54, 1.807) is 0 Å². The summed E-state index contributed by atoms with van der Waals surface area (Å²) in [7, 11) is 0. The summed E-state index contributed by atoms with van der Waals surface area (Å²) in [6, 6.07) is 0. The highest BCUT2D eigenvalue weighted by Crippen LogP contribution is 2.09. The van der Waals surface area contributed by atoms with Crippen LogP contribution in [0.15, 0.2) is 12.2 Å². The molecule has 140 valence electrons. The van der Waals surface area contributed by atoms with Gasteiger partial charge in [0.1, 0.15) is 0 Å². The molecule has 0 rings (SSSR count). The highest BCUT2D eigenvalue weighted by molar-refractivity contribution is 5.85. The summed E-state index contributed by atoms with van der Waals surface area (Å²) in [5.41, 5.74) is 0. The lowest BCUT2D eigenvalue weighted by molar-refractivity contribution is 0.292. The van der Waals surface area contributed by atoms with Crippen LogP contribution < -0.4 is 5.32 Å². The van der Waals surface area contributed by atoms with Crippen LogP contribution in [0.4, 0.5) is 0 Å². The Kier molecular flexibility index (Phi) is 26.5. The number of aliphatic hydroxyl groups is 1. The van der Waals surface area contributed by atoms with Gasteiger partial charge in [-0.05, 0) is 38.6 Å². The number of allylic oxidation sites excluding steroid dienone is 2. The van der Waals surface area contributed by atoms with Crippen molar-refractivity contribution in [3.63, 3.8) is 0 Å². The Morgan fingerprint density at radius 1 is 0.652 bits per heavy atom. The summed E-state index contributed by atoms with van der Waals surface area (Å²) in [5, 5.41) is 11.9.